The number of ether oxygens (including phenoxy) is 2. The number of nitrogens with one attached hydrogen (secondary N) is 1. The molecule has 0 saturated carbocycles. The highest BCUT2D eigenvalue weighted by Crippen LogP contribution is 2.24. The summed E-state index contributed by atoms with van der Waals surface area (Å²) in [5.74, 6) is 0.728. The molecule has 0 bridgehead atoms. The van der Waals surface area contributed by atoms with Gasteiger partial charge < -0.3 is 14.8 Å². The van der Waals surface area contributed by atoms with E-state index in [0.717, 1.165) is 25.0 Å². The Morgan fingerprint density at radius 3 is 3.21 bits per heavy atom. The summed E-state index contributed by atoms with van der Waals surface area (Å²) in [6.45, 7) is 3.68. The largest absolute Gasteiger partial charge is 0.492 e. The second-order valence-corrected chi connectivity index (χ2v) is 4.83. The SMILES string of the molecule is C[C@]1(C(=O)NCCCOc2cccnc2)CCCO1. The van der Waals surface area contributed by atoms with Gasteiger partial charge >= 0.3 is 0 Å². The number of hydrogen-bond donors (Lipinski definition) is 1. The van der Waals surface area contributed by atoms with Crippen molar-refractivity contribution in [2.24, 2.45) is 0 Å². The van der Waals surface area contributed by atoms with Crippen LogP contribution in [0, 0.1) is 0 Å². The maximum Gasteiger partial charge on any atom is 0.251 e. The smallest absolute Gasteiger partial charge is 0.251 e. The Kier molecular flexibility index (Phi) is 4.74. The number of carbonyl (C=O) groups is 1. The standard InChI is InChI=1S/C14H20N2O3/c1-14(6-3-10-19-14)13(17)16-8-4-9-18-12-5-2-7-15-11-12/h2,5,7,11H,3-4,6,8-10H2,1H3,(H,16,17)/t14-/m1/s1. The van der Waals surface area contributed by atoms with Crippen molar-refractivity contribution in [1.82, 2.24) is 10.3 Å². The van der Waals surface area contributed by atoms with Gasteiger partial charge in [-0.15, -0.1) is 0 Å². The zero-order valence-electron chi connectivity index (χ0n) is 11.2. The Bertz CT molecular complexity index is 402. The topological polar surface area (TPSA) is 60.5 Å². The predicted octanol–water partition coefficient (Wildman–Crippen LogP) is 1.54. The summed E-state index contributed by atoms with van der Waals surface area (Å²) in [5.41, 5.74) is -0.635. The fourth-order valence-corrected chi connectivity index (χ4v) is 2.04. The molecule has 0 radical (unpaired) electrons. The van der Waals surface area contributed by atoms with E-state index in [1.165, 1.54) is 0 Å². The van der Waals surface area contributed by atoms with E-state index in [1.807, 2.05) is 19.1 Å². The molecule has 2 heterocycles. The molecule has 1 aliphatic rings. The highest BCUT2D eigenvalue weighted by atomic mass is 16.5. The van der Waals surface area contributed by atoms with Crippen molar-refractivity contribution in [2.45, 2.75) is 31.8 Å². The van der Waals surface area contributed by atoms with Gasteiger partial charge in [0.15, 0.2) is 0 Å². The molecule has 5 heteroatoms. The van der Waals surface area contributed by atoms with Crippen molar-refractivity contribution in [1.29, 1.82) is 0 Å². The fourth-order valence-electron chi connectivity index (χ4n) is 2.04. The third-order valence-electron chi connectivity index (χ3n) is 3.21. The molecule has 0 aromatic carbocycles. The van der Waals surface area contributed by atoms with Crippen LogP contribution in [0.3, 0.4) is 0 Å². The minimum Gasteiger partial charge on any atom is -0.492 e. The van der Waals surface area contributed by atoms with Gasteiger partial charge in [-0.2, -0.15) is 0 Å². The molecule has 19 heavy (non-hydrogen) atoms. The molecule has 1 aromatic rings. The molecule has 1 aliphatic heterocycles. The molecule has 2 rings (SSSR count). The molecule has 1 saturated heterocycles. The lowest BCUT2D eigenvalue weighted by Crippen LogP contribution is -2.44. The zero-order valence-corrected chi connectivity index (χ0v) is 11.2. The van der Waals surface area contributed by atoms with Gasteiger partial charge in [0.2, 0.25) is 0 Å². The lowest BCUT2D eigenvalue weighted by Gasteiger charge is -2.21. The van der Waals surface area contributed by atoms with E-state index in [4.69, 9.17) is 9.47 Å². The van der Waals surface area contributed by atoms with Crippen molar-refractivity contribution in [3.8, 4) is 5.75 Å². The van der Waals surface area contributed by atoms with E-state index in [9.17, 15) is 4.79 Å². The van der Waals surface area contributed by atoms with Gasteiger partial charge in [0.25, 0.3) is 5.91 Å². The number of carbonyl (C=O) groups excluding carboxylic acids is 1. The van der Waals surface area contributed by atoms with Gasteiger partial charge in [0.05, 0.1) is 12.8 Å². The first kappa shape index (κ1) is 13.8. The molecule has 1 atom stereocenters. The van der Waals surface area contributed by atoms with E-state index in [-0.39, 0.29) is 5.91 Å². The molecule has 104 valence electrons. The molecule has 0 aliphatic carbocycles. The lowest BCUT2D eigenvalue weighted by atomic mass is 10.0. The van der Waals surface area contributed by atoms with Crippen molar-refractivity contribution < 1.29 is 14.3 Å². The minimum atomic E-state index is -0.635. The van der Waals surface area contributed by atoms with Crippen molar-refractivity contribution >= 4 is 5.91 Å². The monoisotopic (exact) mass is 264 g/mol. The summed E-state index contributed by atoms with van der Waals surface area (Å²) in [6.07, 6.45) is 5.89. The summed E-state index contributed by atoms with van der Waals surface area (Å²) in [5, 5.41) is 2.89. The Balaban J connectivity index is 1.60. The van der Waals surface area contributed by atoms with Gasteiger partial charge in [-0.1, -0.05) is 0 Å². The molecule has 1 fully saturated rings. The van der Waals surface area contributed by atoms with Crippen LogP contribution in [0.25, 0.3) is 0 Å². The van der Waals surface area contributed by atoms with Gasteiger partial charge in [0, 0.05) is 19.3 Å². The van der Waals surface area contributed by atoms with Crippen molar-refractivity contribution in [2.75, 3.05) is 19.8 Å². The number of hydrogen-bond acceptors (Lipinski definition) is 4. The number of nitrogens with zero attached hydrogens (tertiary/aromatic N) is 1. The lowest BCUT2D eigenvalue weighted by molar-refractivity contribution is -0.139. The molecule has 1 aromatic heterocycles. The Morgan fingerprint density at radius 2 is 2.53 bits per heavy atom. The van der Waals surface area contributed by atoms with E-state index in [2.05, 4.69) is 10.3 Å². The Morgan fingerprint density at radius 1 is 1.63 bits per heavy atom. The van der Waals surface area contributed by atoms with Crippen LogP contribution >= 0.6 is 0 Å². The van der Waals surface area contributed by atoms with Gasteiger partial charge in [-0.3, -0.25) is 9.78 Å². The normalized spacial score (nSPS) is 22.2. The zero-order chi connectivity index (χ0) is 13.6. The van der Waals surface area contributed by atoms with Crippen LogP contribution in [0.1, 0.15) is 26.2 Å². The number of amides is 1. The summed E-state index contributed by atoms with van der Waals surface area (Å²) >= 11 is 0. The first-order valence-corrected chi connectivity index (χ1v) is 6.66. The summed E-state index contributed by atoms with van der Waals surface area (Å²) in [7, 11) is 0. The maximum absolute atomic E-state index is 11.9. The van der Waals surface area contributed by atoms with Crippen molar-refractivity contribution in [3.63, 3.8) is 0 Å². The summed E-state index contributed by atoms with van der Waals surface area (Å²) < 4.78 is 11.0. The Labute approximate surface area is 113 Å². The minimum absolute atomic E-state index is 0.0219. The third kappa shape index (κ3) is 3.92. The Hall–Kier alpha value is -1.62. The average molecular weight is 264 g/mol. The second-order valence-electron chi connectivity index (χ2n) is 4.83. The van der Waals surface area contributed by atoms with Crippen LogP contribution < -0.4 is 10.1 Å². The van der Waals surface area contributed by atoms with Gasteiger partial charge in [0.1, 0.15) is 11.4 Å². The third-order valence-corrected chi connectivity index (χ3v) is 3.21. The van der Waals surface area contributed by atoms with E-state index >= 15 is 0 Å². The van der Waals surface area contributed by atoms with E-state index in [1.54, 1.807) is 12.4 Å². The maximum atomic E-state index is 11.9. The van der Waals surface area contributed by atoms with E-state index < -0.39 is 5.60 Å². The van der Waals surface area contributed by atoms with Crippen LogP contribution in [-0.4, -0.2) is 36.3 Å². The summed E-state index contributed by atoms with van der Waals surface area (Å²) in [6, 6.07) is 3.69. The predicted molar refractivity (Wildman–Crippen MR) is 70.9 cm³/mol. The first-order chi connectivity index (χ1) is 9.21. The van der Waals surface area contributed by atoms with Crippen LogP contribution in [-0.2, 0) is 9.53 Å². The van der Waals surface area contributed by atoms with Crippen LogP contribution in [0.5, 0.6) is 5.75 Å². The van der Waals surface area contributed by atoms with Crippen molar-refractivity contribution in [3.05, 3.63) is 24.5 Å². The molecule has 5 nitrogen and oxygen atoms in total. The van der Waals surface area contributed by atoms with Gasteiger partial charge in [-0.25, -0.2) is 0 Å². The highest BCUT2D eigenvalue weighted by Gasteiger charge is 2.37. The van der Waals surface area contributed by atoms with E-state index in [0.29, 0.717) is 19.8 Å². The molecule has 0 spiro atoms. The second kappa shape index (κ2) is 6.52. The number of aromatic nitrogens is 1. The first-order valence-electron chi connectivity index (χ1n) is 6.66. The molecular formula is C14H20N2O3. The van der Waals surface area contributed by atoms with Gasteiger partial charge in [-0.05, 0) is 38.3 Å². The molecule has 1 N–H and O–H groups in total. The fraction of sp³-hybridized carbons (Fsp3) is 0.571. The van der Waals surface area contributed by atoms with Crippen LogP contribution in [0.15, 0.2) is 24.5 Å². The molecule has 1 amide bonds. The van der Waals surface area contributed by atoms with Crippen LogP contribution in [0.4, 0.5) is 0 Å². The average Bonchev–Trinajstić information content (AvgIpc) is 2.88. The highest BCUT2D eigenvalue weighted by molar-refractivity contribution is 5.84. The molecule has 0 unspecified atom stereocenters. The number of pyridine rings is 1. The molecular weight excluding hydrogens is 244 g/mol. The quantitative estimate of drug-likeness (QED) is 0.792. The summed E-state index contributed by atoms with van der Waals surface area (Å²) in [4.78, 5) is 15.9. The number of rotatable bonds is 6. The van der Waals surface area contributed by atoms with Crippen LogP contribution in [0.2, 0.25) is 0 Å².